The highest BCUT2D eigenvalue weighted by Gasteiger charge is 2.26. The number of carbonyl (C=O) groups excluding carboxylic acids is 1. The summed E-state index contributed by atoms with van der Waals surface area (Å²) in [5.74, 6) is 0.735. The Bertz CT molecular complexity index is 240. The Labute approximate surface area is 113 Å². The van der Waals surface area contributed by atoms with Gasteiger partial charge < -0.3 is 9.64 Å². The van der Waals surface area contributed by atoms with Crippen LogP contribution in [0.25, 0.3) is 0 Å². The maximum absolute atomic E-state index is 11.3. The van der Waals surface area contributed by atoms with E-state index in [9.17, 15) is 4.79 Å². The lowest BCUT2D eigenvalue weighted by molar-refractivity contribution is -0.140. The van der Waals surface area contributed by atoms with Crippen molar-refractivity contribution in [2.24, 2.45) is 5.92 Å². The quantitative estimate of drug-likeness (QED) is 0.578. The molecule has 0 radical (unpaired) electrons. The molecule has 0 N–H and O–H groups in total. The summed E-state index contributed by atoms with van der Waals surface area (Å²) in [5, 5.41) is 0. The lowest BCUT2D eigenvalue weighted by Crippen LogP contribution is -2.40. The Morgan fingerprint density at radius 3 is 2.47 bits per heavy atom. The van der Waals surface area contributed by atoms with Gasteiger partial charge in [0, 0.05) is 12.6 Å². The first kappa shape index (κ1) is 15.0. The zero-order valence-corrected chi connectivity index (χ0v) is 12.7. The second-order valence-corrected chi connectivity index (χ2v) is 6.12. The van der Waals surface area contributed by atoms with Crippen molar-refractivity contribution >= 4 is 21.9 Å². The molecular weight excluding hydrogens is 282 g/mol. The standard InChI is InChI=1S/C13H24BrNO2/c1-4-10-5-7-11(8-6-10)15(2)9-12(14)13(16)17-3/h10-12H,4-9H2,1-3H3. The molecule has 100 valence electrons. The summed E-state index contributed by atoms with van der Waals surface area (Å²) >= 11 is 3.38. The van der Waals surface area contributed by atoms with E-state index in [1.165, 1.54) is 39.2 Å². The summed E-state index contributed by atoms with van der Waals surface area (Å²) in [6.07, 6.45) is 6.48. The van der Waals surface area contributed by atoms with E-state index in [4.69, 9.17) is 4.74 Å². The molecule has 1 unspecified atom stereocenters. The molecule has 4 heteroatoms. The lowest BCUT2D eigenvalue weighted by Gasteiger charge is -2.35. The fourth-order valence-corrected chi connectivity index (χ4v) is 3.24. The first-order valence-corrected chi connectivity index (χ1v) is 7.42. The average molecular weight is 306 g/mol. The van der Waals surface area contributed by atoms with Gasteiger partial charge in [0.25, 0.3) is 0 Å². The molecule has 1 rings (SSSR count). The van der Waals surface area contributed by atoms with Gasteiger partial charge in [-0.05, 0) is 38.6 Å². The Hall–Kier alpha value is -0.0900. The smallest absolute Gasteiger partial charge is 0.320 e. The fraction of sp³-hybridized carbons (Fsp3) is 0.923. The minimum atomic E-state index is -0.207. The number of esters is 1. The molecule has 0 aromatic carbocycles. The van der Waals surface area contributed by atoms with Crippen LogP contribution in [0.2, 0.25) is 0 Å². The van der Waals surface area contributed by atoms with Crippen LogP contribution in [0.5, 0.6) is 0 Å². The second kappa shape index (κ2) is 7.37. The number of hydrogen-bond acceptors (Lipinski definition) is 3. The monoisotopic (exact) mass is 305 g/mol. The maximum atomic E-state index is 11.3. The molecule has 0 amide bonds. The third-order valence-electron chi connectivity index (χ3n) is 3.92. The number of ether oxygens (including phenoxy) is 1. The lowest BCUT2D eigenvalue weighted by atomic mass is 9.84. The van der Waals surface area contributed by atoms with Gasteiger partial charge in [-0.15, -0.1) is 0 Å². The molecule has 1 atom stereocenters. The Kier molecular flexibility index (Phi) is 6.49. The molecule has 0 heterocycles. The topological polar surface area (TPSA) is 29.5 Å². The molecule has 0 aromatic rings. The van der Waals surface area contributed by atoms with Gasteiger partial charge in [0.2, 0.25) is 0 Å². The third-order valence-corrected chi connectivity index (χ3v) is 4.59. The van der Waals surface area contributed by atoms with E-state index in [0.717, 1.165) is 12.5 Å². The number of hydrogen-bond donors (Lipinski definition) is 0. The predicted molar refractivity (Wildman–Crippen MR) is 73.4 cm³/mol. The number of alkyl halides is 1. The highest BCUT2D eigenvalue weighted by Crippen LogP contribution is 2.29. The molecule has 0 bridgehead atoms. The van der Waals surface area contributed by atoms with Crippen molar-refractivity contribution in [1.29, 1.82) is 0 Å². The molecule has 1 fully saturated rings. The molecule has 17 heavy (non-hydrogen) atoms. The van der Waals surface area contributed by atoms with Crippen LogP contribution in [-0.2, 0) is 9.53 Å². The Morgan fingerprint density at radius 1 is 1.41 bits per heavy atom. The van der Waals surface area contributed by atoms with E-state index >= 15 is 0 Å². The van der Waals surface area contributed by atoms with E-state index in [0.29, 0.717) is 6.04 Å². The van der Waals surface area contributed by atoms with Crippen LogP contribution in [0.1, 0.15) is 39.0 Å². The fourth-order valence-electron chi connectivity index (χ4n) is 2.60. The van der Waals surface area contributed by atoms with Crippen LogP contribution >= 0.6 is 15.9 Å². The number of rotatable bonds is 5. The van der Waals surface area contributed by atoms with E-state index in [1.807, 2.05) is 0 Å². The number of methoxy groups -OCH3 is 1. The maximum Gasteiger partial charge on any atom is 0.320 e. The molecule has 0 aromatic heterocycles. The van der Waals surface area contributed by atoms with E-state index < -0.39 is 0 Å². The van der Waals surface area contributed by atoms with Gasteiger partial charge in [0.1, 0.15) is 4.83 Å². The van der Waals surface area contributed by atoms with Crippen LogP contribution in [0.4, 0.5) is 0 Å². The number of nitrogens with zero attached hydrogens (tertiary/aromatic N) is 1. The Morgan fingerprint density at radius 2 is 2.00 bits per heavy atom. The molecular formula is C13H24BrNO2. The molecule has 0 aliphatic heterocycles. The second-order valence-electron chi connectivity index (χ2n) is 5.01. The van der Waals surface area contributed by atoms with Crippen LogP contribution in [0, 0.1) is 5.92 Å². The molecule has 0 saturated heterocycles. The van der Waals surface area contributed by atoms with Crippen molar-refractivity contribution in [3.05, 3.63) is 0 Å². The zero-order chi connectivity index (χ0) is 12.8. The van der Waals surface area contributed by atoms with E-state index in [2.05, 4.69) is 34.8 Å². The summed E-state index contributed by atoms with van der Waals surface area (Å²) in [4.78, 5) is 13.4. The summed E-state index contributed by atoms with van der Waals surface area (Å²) in [6, 6.07) is 0.627. The van der Waals surface area contributed by atoms with Crippen LogP contribution in [-0.4, -0.2) is 42.4 Å². The summed E-state index contributed by atoms with van der Waals surface area (Å²) in [6.45, 7) is 3.01. The highest BCUT2D eigenvalue weighted by atomic mass is 79.9. The van der Waals surface area contributed by atoms with E-state index in [1.54, 1.807) is 0 Å². The van der Waals surface area contributed by atoms with Crippen LogP contribution in [0.3, 0.4) is 0 Å². The summed E-state index contributed by atoms with van der Waals surface area (Å²) in [7, 11) is 3.54. The largest absolute Gasteiger partial charge is 0.468 e. The normalized spacial score (nSPS) is 26.9. The van der Waals surface area contributed by atoms with Gasteiger partial charge in [-0.25, -0.2) is 0 Å². The van der Waals surface area contributed by atoms with Crippen LogP contribution in [0.15, 0.2) is 0 Å². The molecule has 3 nitrogen and oxygen atoms in total. The van der Waals surface area contributed by atoms with Crippen molar-refractivity contribution in [1.82, 2.24) is 4.90 Å². The summed E-state index contributed by atoms with van der Waals surface area (Å²) in [5.41, 5.74) is 0. The van der Waals surface area contributed by atoms with Crippen molar-refractivity contribution in [3.63, 3.8) is 0 Å². The van der Waals surface area contributed by atoms with E-state index in [-0.39, 0.29) is 10.8 Å². The summed E-state index contributed by atoms with van der Waals surface area (Å²) < 4.78 is 4.72. The van der Waals surface area contributed by atoms with Crippen molar-refractivity contribution in [2.45, 2.75) is 49.9 Å². The minimum Gasteiger partial charge on any atom is -0.468 e. The van der Waals surface area contributed by atoms with Gasteiger partial charge in [0.05, 0.1) is 7.11 Å². The van der Waals surface area contributed by atoms with Crippen molar-refractivity contribution in [2.75, 3.05) is 20.7 Å². The minimum absolute atomic E-state index is 0.181. The number of halogens is 1. The average Bonchev–Trinajstić information content (AvgIpc) is 2.37. The first-order chi connectivity index (χ1) is 8.08. The molecule has 1 aliphatic rings. The number of carbonyl (C=O) groups is 1. The van der Waals surface area contributed by atoms with Gasteiger partial charge in [-0.3, -0.25) is 4.79 Å². The molecule has 1 saturated carbocycles. The zero-order valence-electron chi connectivity index (χ0n) is 11.1. The Balaban J connectivity index is 2.33. The predicted octanol–water partition coefficient (Wildman–Crippen LogP) is 2.82. The molecule has 1 aliphatic carbocycles. The van der Waals surface area contributed by atoms with Crippen molar-refractivity contribution < 1.29 is 9.53 Å². The van der Waals surface area contributed by atoms with Gasteiger partial charge in [0.15, 0.2) is 0 Å². The third kappa shape index (κ3) is 4.59. The van der Waals surface area contributed by atoms with Crippen LogP contribution < -0.4 is 0 Å². The first-order valence-electron chi connectivity index (χ1n) is 6.50. The SMILES string of the molecule is CCC1CCC(N(C)CC(Br)C(=O)OC)CC1. The van der Waals surface area contributed by atoms with Gasteiger partial charge in [-0.1, -0.05) is 29.3 Å². The molecule has 0 spiro atoms. The highest BCUT2D eigenvalue weighted by molar-refractivity contribution is 9.10. The van der Waals surface area contributed by atoms with Crippen molar-refractivity contribution in [3.8, 4) is 0 Å². The van der Waals surface area contributed by atoms with Gasteiger partial charge in [-0.2, -0.15) is 0 Å². The van der Waals surface area contributed by atoms with Gasteiger partial charge >= 0.3 is 5.97 Å².